The third-order valence-corrected chi connectivity index (χ3v) is 5.17. The molecular formula is C18H19N3O3S. The molecule has 0 spiro atoms. The van der Waals surface area contributed by atoms with Gasteiger partial charge >= 0.3 is 0 Å². The van der Waals surface area contributed by atoms with Gasteiger partial charge in [0.05, 0.1) is 17.5 Å². The van der Waals surface area contributed by atoms with Crippen molar-refractivity contribution in [3.8, 4) is 0 Å². The van der Waals surface area contributed by atoms with Gasteiger partial charge < -0.3 is 10.2 Å². The Morgan fingerprint density at radius 2 is 2.04 bits per heavy atom. The largest absolute Gasteiger partial charge is 0.330 e. The predicted octanol–water partition coefficient (Wildman–Crippen LogP) is 2.52. The molecule has 1 fully saturated rings. The summed E-state index contributed by atoms with van der Waals surface area (Å²) >= 11 is 1.14. The average molecular weight is 357 g/mol. The molecule has 1 aliphatic rings. The van der Waals surface area contributed by atoms with E-state index in [9.17, 15) is 14.4 Å². The third-order valence-electron chi connectivity index (χ3n) is 4.16. The predicted molar refractivity (Wildman–Crippen MR) is 95.6 cm³/mol. The van der Waals surface area contributed by atoms with Crippen molar-refractivity contribution in [1.82, 2.24) is 9.88 Å². The number of nitrogens with one attached hydrogen (secondary N) is 1. The maximum atomic E-state index is 12.6. The van der Waals surface area contributed by atoms with Crippen LogP contribution in [0.25, 0.3) is 0 Å². The molecule has 1 saturated heterocycles. The molecule has 1 N–H and O–H groups in total. The highest BCUT2D eigenvalue weighted by atomic mass is 32.1. The van der Waals surface area contributed by atoms with Crippen LogP contribution < -0.4 is 5.32 Å². The van der Waals surface area contributed by atoms with E-state index in [1.807, 2.05) is 30.3 Å². The van der Waals surface area contributed by atoms with Gasteiger partial charge in [-0.25, -0.2) is 4.98 Å². The van der Waals surface area contributed by atoms with E-state index in [4.69, 9.17) is 0 Å². The maximum Gasteiger partial charge on any atom is 0.248 e. The van der Waals surface area contributed by atoms with Gasteiger partial charge in [-0.3, -0.25) is 14.4 Å². The van der Waals surface area contributed by atoms with E-state index in [2.05, 4.69) is 10.3 Å². The van der Waals surface area contributed by atoms with Crippen molar-refractivity contribution in [3.05, 3.63) is 47.0 Å². The molecule has 25 heavy (non-hydrogen) atoms. The first-order chi connectivity index (χ1) is 12.0. The summed E-state index contributed by atoms with van der Waals surface area (Å²) in [6.45, 7) is 2.04. The number of anilines is 1. The molecule has 6 nitrogen and oxygen atoms in total. The number of thiazole rings is 1. The molecular weight excluding hydrogens is 338 g/mol. The number of hydrogen-bond acceptors (Lipinski definition) is 5. The number of nitrogens with zero attached hydrogens (tertiary/aromatic N) is 2. The lowest BCUT2D eigenvalue weighted by molar-refractivity contribution is -0.136. The van der Waals surface area contributed by atoms with Gasteiger partial charge in [-0.05, 0) is 18.4 Å². The molecule has 1 aromatic carbocycles. The summed E-state index contributed by atoms with van der Waals surface area (Å²) in [6, 6.07) is 9.02. The molecule has 130 valence electrons. The van der Waals surface area contributed by atoms with Crippen LogP contribution >= 0.6 is 11.3 Å². The first-order valence-corrected chi connectivity index (χ1v) is 8.97. The van der Waals surface area contributed by atoms with E-state index in [-0.39, 0.29) is 24.0 Å². The zero-order chi connectivity index (χ0) is 17.8. The van der Waals surface area contributed by atoms with Crippen LogP contribution in [0.2, 0.25) is 0 Å². The second-order valence-electron chi connectivity index (χ2n) is 5.98. The number of ketones is 1. The van der Waals surface area contributed by atoms with E-state index in [0.29, 0.717) is 23.0 Å². The third kappa shape index (κ3) is 4.11. The molecule has 1 aliphatic heterocycles. The number of hydrogen-bond donors (Lipinski definition) is 1. The summed E-state index contributed by atoms with van der Waals surface area (Å²) in [6.07, 6.45) is 3.18. The number of amides is 2. The first-order valence-electron chi connectivity index (χ1n) is 8.15. The zero-order valence-corrected chi connectivity index (χ0v) is 14.7. The molecule has 2 aromatic rings. The summed E-state index contributed by atoms with van der Waals surface area (Å²) in [4.78, 5) is 42.6. The van der Waals surface area contributed by atoms with E-state index < -0.39 is 6.04 Å². The molecule has 3 rings (SSSR count). The van der Waals surface area contributed by atoms with Crippen molar-refractivity contribution < 1.29 is 14.4 Å². The second kappa shape index (κ2) is 7.57. The quantitative estimate of drug-likeness (QED) is 0.834. The first kappa shape index (κ1) is 17.3. The van der Waals surface area contributed by atoms with Crippen molar-refractivity contribution in [1.29, 1.82) is 0 Å². The van der Waals surface area contributed by atoms with Crippen LogP contribution in [0.15, 0.2) is 36.5 Å². The Morgan fingerprint density at radius 1 is 1.28 bits per heavy atom. The molecule has 1 unspecified atom stereocenters. The van der Waals surface area contributed by atoms with Gasteiger partial charge in [-0.15, -0.1) is 0 Å². The lowest BCUT2D eigenvalue weighted by Gasteiger charge is -2.23. The van der Waals surface area contributed by atoms with Gasteiger partial charge in [0.15, 0.2) is 10.9 Å². The van der Waals surface area contributed by atoms with E-state index in [1.165, 1.54) is 13.1 Å². The van der Waals surface area contributed by atoms with E-state index in [1.54, 1.807) is 4.90 Å². The minimum absolute atomic E-state index is 0.0487. The normalized spacial score (nSPS) is 16.7. The lowest BCUT2D eigenvalue weighted by atomic mass is 10.1. The number of Topliss-reactive ketones (excluding diaryl/α,β-unsaturated/α-hetero) is 1. The minimum Gasteiger partial charge on any atom is -0.330 e. The van der Waals surface area contributed by atoms with Gasteiger partial charge in [0, 0.05) is 13.5 Å². The molecule has 2 amide bonds. The topological polar surface area (TPSA) is 79.4 Å². The van der Waals surface area contributed by atoms with Crippen LogP contribution in [0.5, 0.6) is 0 Å². The fourth-order valence-electron chi connectivity index (χ4n) is 2.89. The smallest absolute Gasteiger partial charge is 0.248 e. The summed E-state index contributed by atoms with van der Waals surface area (Å²) in [5, 5.41) is 3.12. The Morgan fingerprint density at radius 3 is 2.72 bits per heavy atom. The van der Waals surface area contributed by atoms with Gasteiger partial charge in [0.1, 0.15) is 6.04 Å². The van der Waals surface area contributed by atoms with Crippen LogP contribution in [0, 0.1) is 0 Å². The fourth-order valence-corrected chi connectivity index (χ4v) is 3.61. The number of carbonyl (C=O) groups excluding carboxylic acids is 3. The fraction of sp³-hybridized carbons (Fsp3) is 0.333. The molecule has 2 heterocycles. The van der Waals surface area contributed by atoms with Crippen LogP contribution in [0.3, 0.4) is 0 Å². The van der Waals surface area contributed by atoms with Gasteiger partial charge in [-0.1, -0.05) is 41.7 Å². The number of likely N-dealkylation sites (tertiary alicyclic amines) is 1. The molecule has 0 aliphatic carbocycles. The van der Waals surface area contributed by atoms with E-state index >= 15 is 0 Å². The van der Waals surface area contributed by atoms with Crippen molar-refractivity contribution in [3.63, 3.8) is 0 Å². The summed E-state index contributed by atoms with van der Waals surface area (Å²) < 4.78 is 0. The zero-order valence-electron chi connectivity index (χ0n) is 13.9. The summed E-state index contributed by atoms with van der Waals surface area (Å²) in [7, 11) is 0. The molecule has 7 heteroatoms. The highest BCUT2D eigenvalue weighted by Gasteiger charge is 2.34. The Bertz CT molecular complexity index is 788. The Kier molecular flexibility index (Phi) is 5.23. The molecule has 1 atom stereocenters. The Hall–Kier alpha value is -2.54. The Labute approximate surface area is 149 Å². The van der Waals surface area contributed by atoms with Crippen molar-refractivity contribution >= 4 is 34.1 Å². The lowest BCUT2D eigenvalue weighted by Crippen LogP contribution is -2.43. The number of carbonyl (C=O) groups is 3. The van der Waals surface area contributed by atoms with Gasteiger partial charge in [0.2, 0.25) is 11.8 Å². The number of rotatable bonds is 5. The average Bonchev–Trinajstić information content (AvgIpc) is 3.25. The van der Waals surface area contributed by atoms with Gasteiger partial charge in [0.25, 0.3) is 0 Å². The Balaban J connectivity index is 1.64. The summed E-state index contributed by atoms with van der Waals surface area (Å²) in [5.74, 6) is -0.380. The van der Waals surface area contributed by atoms with Crippen LogP contribution in [-0.2, 0) is 16.0 Å². The molecule has 0 saturated carbocycles. The molecule has 1 aromatic heterocycles. The van der Waals surface area contributed by atoms with Crippen LogP contribution in [-0.4, -0.2) is 40.1 Å². The van der Waals surface area contributed by atoms with Crippen molar-refractivity contribution in [2.45, 2.75) is 32.2 Å². The van der Waals surface area contributed by atoms with Crippen molar-refractivity contribution in [2.75, 3.05) is 11.9 Å². The minimum atomic E-state index is -0.485. The van der Waals surface area contributed by atoms with E-state index in [0.717, 1.165) is 23.3 Å². The summed E-state index contributed by atoms with van der Waals surface area (Å²) in [5.41, 5.74) is 0.935. The van der Waals surface area contributed by atoms with Crippen molar-refractivity contribution in [2.24, 2.45) is 0 Å². The highest BCUT2D eigenvalue weighted by Crippen LogP contribution is 2.23. The number of aromatic nitrogens is 1. The molecule has 0 bridgehead atoms. The number of benzene rings is 1. The highest BCUT2D eigenvalue weighted by molar-refractivity contribution is 7.17. The second-order valence-corrected chi connectivity index (χ2v) is 7.01. The SMILES string of the molecule is CC(=O)c1cnc(NC(=O)C2CCCN2C(=O)Cc2ccccc2)s1. The molecule has 0 radical (unpaired) electrons. The maximum absolute atomic E-state index is 12.6. The monoisotopic (exact) mass is 357 g/mol. The van der Waals surface area contributed by atoms with Gasteiger partial charge in [-0.2, -0.15) is 0 Å². The van der Waals surface area contributed by atoms with Crippen LogP contribution in [0.1, 0.15) is 35.0 Å². The standard InChI is InChI=1S/C18H19N3O3S/c1-12(22)15-11-19-18(25-15)20-17(24)14-8-5-9-21(14)16(23)10-13-6-3-2-4-7-13/h2-4,6-7,11,14H,5,8-10H2,1H3,(H,19,20,24). The van der Waals surface area contributed by atoms with Crippen LogP contribution in [0.4, 0.5) is 5.13 Å².